The number of nitrogens with zero attached hydrogens (tertiary/aromatic N) is 1. The van der Waals surface area contributed by atoms with Crippen molar-refractivity contribution in [3.8, 4) is 0 Å². The van der Waals surface area contributed by atoms with E-state index in [0.29, 0.717) is 31.2 Å². The average molecular weight is 267 g/mol. The highest BCUT2D eigenvalue weighted by Gasteiger charge is 2.16. The summed E-state index contributed by atoms with van der Waals surface area (Å²) in [5.74, 6) is -0.746. The van der Waals surface area contributed by atoms with Crippen LogP contribution in [0.5, 0.6) is 0 Å². The third-order valence-corrected chi connectivity index (χ3v) is 2.83. The normalized spacial score (nSPS) is 11.0. The number of rotatable bonds is 6. The van der Waals surface area contributed by atoms with E-state index in [1.807, 2.05) is 13.8 Å². The van der Waals surface area contributed by atoms with Crippen LogP contribution in [0.3, 0.4) is 0 Å². The Hall–Kier alpha value is -1.62. The van der Waals surface area contributed by atoms with Gasteiger partial charge in [-0.3, -0.25) is 4.79 Å². The Kier molecular flexibility index (Phi) is 5.30. The summed E-state index contributed by atoms with van der Waals surface area (Å²) in [5, 5.41) is 9.06. The van der Waals surface area contributed by atoms with Crippen LogP contribution in [-0.4, -0.2) is 28.9 Å². The van der Waals surface area contributed by atoms with E-state index < -0.39 is 11.5 Å². The molecule has 0 aliphatic heterocycles. The van der Waals surface area contributed by atoms with Crippen LogP contribution in [-0.2, 0) is 11.3 Å². The van der Waals surface area contributed by atoms with Crippen LogP contribution in [0.1, 0.15) is 35.5 Å². The summed E-state index contributed by atoms with van der Waals surface area (Å²) in [5.41, 5.74) is 0.627. The molecule has 0 aromatic carbocycles. The van der Waals surface area contributed by atoms with E-state index >= 15 is 0 Å². The fraction of sp³-hybridized carbons (Fsp3) is 0.571. The highest BCUT2D eigenvalue weighted by Crippen LogP contribution is 2.06. The molecule has 0 bridgehead atoms. The minimum atomic E-state index is -1.18. The topological polar surface area (TPSA) is 68.5 Å². The molecule has 0 saturated heterocycles. The quantitative estimate of drug-likeness (QED) is 0.798. The number of ether oxygens (including phenoxy) is 1. The van der Waals surface area contributed by atoms with E-state index in [4.69, 9.17) is 9.84 Å². The zero-order chi connectivity index (χ0) is 14.6. The molecule has 0 amide bonds. The van der Waals surface area contributed by atoms with Gasteiger partial charge in [-0.15, -0.1) is 0 Å². The lowest BCUT2D eigenvalue weighted by Gasteiger charge is -2.13. The van der Waals surface area contributed by atoms with Gasteiger partial charge in [-0.2, -0.15) is 0 Å². The summed E-state index contributed by atoms with van der Waals surface area (Å²) in [6.45, 7) is 8.93. The van der Waals surface area contributed by atoms with Crippen molar-refractivity contribution in [2.24, 2.45) is 5.92 Å². The monoisotopic (exact) mass is 267 g/mol. The van der Waals surface area contributed by atoms with Crippen molar-refractivity contribution in [2.75, 3.05) is 13.2 Å². The maximum atomic E-state index is 12.1. The highest BCUT2D eigenvalue weighted by molar-refractivity contribution is 5.88. The number of pyridine rings is 1. The number of hydrogen-bond acceptors (Lipinski definition) is 3. The number of aromatic carboxylic acids is 1. The standard InChI is InChI=1S/C14H21NO4/c1-9(2)8-19-6-5-15-11(4)7-10(3)12(13(15)16)14(17)18/h7,9H,5-6,8H2,1-4H3,(H,17,18). The number of aryl methyl sites for hydroxylation is 2. The van der Waals surface area contributed by atoms with Gasteiger partial charge in [-0.1, -0.05) is 13.8 Å². The molecule has 19 heavy (non-hydrogen) atoms. The molecule has 1 N–H and O–H groups in total. The van der Waals surface area contributed by atoms with Crippen LogP contribution in [0.25, 0.3) is 0 Å². The van der Waals surface area contributed by atoms with Crippen LogP contribution in [0.2, 0.25) is 0 Å². The maximum absolute atomic E-state index is 12.1. The zero-order valence-corrected chi connectivity index (χ0v) is 11.9. The van der Waals surface area contributed by atoms with Gasteiger partial charge in [0, 0.05) is 18.8 Å². The van der Waals surface area contributed by atoms with Crippen molar-refractivity contribution >= 4 is 5.97 Å². The molecule has 0 fully saturated rings. The van der Waals surface area contributed by atoms with Crippen LogP contribution < -0.4 is 5.56 Å². The lowest BCUT2D eigenvalue weighted by Crippen LogP contribution is -2.30. The summed E-state index contributed by atoms with van der Waals surface area (Å²) >= 11 is 0. The van der Waals surface area contributed by atoms with E-state index in [9.17, 15) is 9.59 Å². The molecule has 0 aliphatic rings. The van der Waals surface area contributed by atoms with Crippen molar-refractivity contribution in [1.29, 1.82) is 0 Å². The van der Waals surface area contributed by atoms with E-state index in [1.54, 1.807) is 19.9 Å². The van der Waals surface area contributed by atoms with Crippen molar-refractivity contribution in [2.45, 2.75) is 34.2 Å². The number of hydrogen-bond donors (Lipinski definition) is 1. The predicted molar refractivity (Wildman–Crippen MR) is 72.8 cm³/mol. The Labute approximate surface area is 112 Å². The van der Waals surface area contributed by atoms with Gasteiger partial charge < -0.3 is 14.4 Å². The molecule has 0 aliphatic carbocycles. The molecular weight excluding hydrogens is 246 g/mol. The first kappa shape index (κ1) is 15.4. The SMILES string of the molecule is Cc1cc(C)n(CCOCC(C)C)c(=O)c1C(=O)O. The van der Waals surface area contributed by atoms with Crippen molar-refractivity contribution in [3.05, 3.63) is 33.2 Å². The molecule has 1 rings (SSSR count). The minimum Gasteiger partial charge on any atom is -0.477 e. The second-order valence-electron chi connectivity index (χ2n) is 5.07. The van der Waals surface area contributed by atoms with Crippen LogP contribution in [0.15, 0.2) is 10.9 Å². The van der Waals surface area contributed by atoms with Crippen molar-refractivity contribution in [1.82, 2.24) is 4.57 Å². The van der Waals surface area contributed by atoms with Crippen LogP contribution >= 0.6 is 0 Å². The first-order valence-electron chi connectivity index (χ1n) is 6.36. The molecule has 1 aromatic rings. The molecule has 1 aromatic heterocycles. The average Bonchev–Trinajstić information content (AvgIpc) is 2.26. The molecule has 1 heterocycles. The Bertz CT molecular complexity index is 517. The molecule has 0 spiro atoms. The van der Waals surface area contributed by atoms with Gasteiger partial charge in [0.25, 0.3) is 5.56 Å². The molecule has 5 heteroatoms. The van der Waals surface area contributed by atoms with E-state index in [0.717, 1.165) is 5.69 Å². The smallest absolute Gasteiger partial charge is 0.341 e. The zero-order valence-electron chi connectivity index (χ0n) is 11.9. The van der Waals surface area contributed by atoms with Gasteiger partial charge in [0.1, 0.15) is 5.56 Å². The highest BCUT2D eigenvalue weighted by atomic mass is 16.5. The van der Waals surface area contributed by atoms with Gasteiger partial charge in [0.2, 0.25) is 0 Å². The van der Waals surface area contributed by atoms with Crippen molar-refractivity contribution < 1.29 is 14.6 Å². The van der Waals surface area contributed by atoms with Crippen LogP contribution in [0, 0.1) is 19.8 Å². The summed E-state index contributed by atoms with van der Waals surface area (Å²) in [6, 6.07) is 1.72. The molecule has 0 saturated carbocycles. The minimum absolute atomic E-state index is 0.158. The first-order valence-corrected chi connectivity index (χ1v) is 6.36. The summed E-state index contributed by atoms with van der Waals surface area (Å²) in [4.78, 5) is 23.2. The lowest BCUT2D eigenvalue weighted by atomic mass is 10.1. The Morgan fingerprint density at radius 2 is 2.05 bits per heavy atom. The maximum Gasteiger partial charge on any atom is 0.341 e. The van der Waals surface area contributed by atoms with Gasteiger partial charge in [-0.25, -0.2) is 4.79 Å². The van der Waals surface area contributed by atoms with Gasteiger partial charge in [0.15, 0.2) is 0 Å². The third-order valence-electron chi connectivity index (χ3n) is 2.83. The van der Waals surface area contributed by atoms with Crippen LogP contribution in [0.4, 0.5) is 0 Å². The Morgan fingerprint density at radius 1 is 1.42 bits per heavy atom. The fourth-order valence-electron chi connectivity index (χ4n) is 1.94. The summed E-state index contributed by atoms with van der Waals surface area (Å²) < 4.78 is 6.89. The van der Waals surface area contributed by atoms with Gasteiger partial charge in [-0.05, 0) is 31.4 Å². The van der Waals surface area contributed by atoms with Crippen molar-refractivity contribution in [3.63, 3.8) is 0 Å². The predicted octanol–water partition coefficient (Wildman–Crippen LogP) is 1.84. The molecular formula is C14H21NO4. The summed E-state index contributed by atoms with van der Waals surface area (Å²) in [6.07, 6.45) is 0. The van der Waals surface area contributed by atoms with E-state index in [2.05, 4.69) is 0 Å². The largest absolute Gasteiger partial charge is 0.477 e. The van der Waals surface area contributed by atoms with Gasteiger partial charge >= 0.3 is 5.97 Å². The van der Waals surface area contributed by atoms with E-state index in [1.165, 1.54) is 4.57 Å². The summed E-state index contributed by atoms with van der Waals surface area (Å²) in [7, 11) is 0. The fourth-order valence-corrected chi connectivity index (χ4v) is 1.94. The number of carboxylic acid groups (broad SMARTS) is 1. The second kappa shape index (κ2) is 6.52. The second-order valence-corrected chi connectivity index (χ2v) is 5.07. The number of aromatic nitrogens is 1. The Balaban J connectivity index is 2.92. The molecule has 5 nitrogen and oxygen atoms in total. The molecule has 0 atom stereocenters. The number of carboxylic acids is 1. The lowest BCUT2D eigenvalue weighted by molar-refractivity contribution is 0.0692. The first-order chi connectivity index (χ1) is 8.84. The van der Waals surface area contributed by atoms with E-state index in [-0.39, 0.29) is 5.56 Å². The Morgan fingerprint density at radius 3 is 2.58 bits per heavy atom. The van der Waals surface area contributed by atoms with Gasteiger partial charge in [0.05, 0.1) is 6.61 Å². The molecule has 0 unspecified atom stereocenters. The molecule has 106 valence electrons. The number of carbonyl (C=O) groups is 1. The molecule has 0 radical (unpaired) electrons. The third kappa shape index (κ3) is 3.92.